The summed E-state index contributed by atoms with van der Waals surface area (Å²) in [5, 5.41) is 0. The first-order valence-corrected chi connectivity index (χ1v) is 8.97. The Morgan fingerprint density at radius 3 is 2.41 bits per heavy atom. The summed E-state index contributed by atoms with van der Waals surface area (Å²) in [6, 6.07) is 0. The van der Waals surface area contributed by atoms with Gasteiger partial charge < -0.3 is 9.47 Å². The molecule has 22 heavy (non-hydrogen) atoms. The molecule has 0 aromatic carbocycles. The molecule has 0 aliphatic heterocycles. The Hall–Kier alpha value is -1.06. The average Bonchev–Trinajstić information content (AvgIpc) is 2.52. The molecule has 1 atom stereocenters. The van der Waals surface area contributed by atoms with Crippen LogP contribution in [0.2, 0.25) is 0 Å². The van der Waals surface area contributed by atoms with Gasteiger partial charge in [-0.3, -0.25) is 9.59 Å². The highest BCUT2D eigenvalue weighted by Gasteiger charge is 2.17. The van der Waals surface area contributed by atoms with Crippen LogP contribution in [-0.4, -0.2) is 24.6 Å². The second-order valence-electron chi connectivity index (χ2n) is 6.48. The SMILES string of the molecule is CCCCCC(C)OC(=O)CCC(=O)OCC1CCCCC1. The number of hydrogen-bond donors (Lipinski definition) is 0. The second kappa shape index (κ2) is 11.5. The minimum atomic E-state index is -0.293. The van der Waals surface area contributed by atoms with Crippen molar-refractivity contribution in [3.05, 3.63) is 0 Å². The second-order valence-corrected chi connectivity index (χ2v) is 6.48. The monoisotopic (exact) mass is 312 g/mol. The van der Waals surface area contributed by atoms with Crippen molar-refractivity contribution in [3.8, 4) is 0 Å². The van der Waals surface area contributed by atoms with E-state index in [4.69, 9.17) is 9.47 Å². The van der Waals surface area contributed by atoms with Gasteiger partial charge in [-0.25, -0.2) is 0 Å². The molecule has 0 saturated heterocycles. The van der Waals surface area contributed by atoms with Gasteiger partial charge in [0.05, 0.1) is 25.6 Å². The van der Waals surface area contributed by atoms with E-state index < -0.39 is 0 Å². The Morgan fingerprint density at radius 1 is 1.05 bits per heavy atom. The first kappa shape index (κ1) is 19.0. The van der Waals surface area contributed by atoms with Crippen molar-refractivity contribution in [1.29, 1.82) is 0 Å². The summed E-state index contributed by atoms with van der Waals surface area (Å²) in [6.07, 6.45) is 10.6. The fourth-order valence-corrected chi connectivity index (χ4v) is 2.86. The third-order valence-electron chi connectivity index (χ3n) is 4.28. The zero-order valence-electron chi connectivity index (χ0n) is 14.3. The number of esters is 2. The molecular weight excluding hydrogens is 280 g/mol. The van der Waals surface area contributed by atoms with Crippen molar-refractivity contribution >= 4 is 11.9 Å². The molecular formula is C18H32O4. The number of rotatable bonds is 10. The van der Waals surface area contributed by atoms with E-state index in [1.165, 1.54) is 19.3 Å². The van der Waals surface area contributed by atoms with Crippen LogP contribution in [0.4, 0.5) is 0 Å². The summed E-state index contributed by atoms with van der Waals surface area (Å²) >= 11 is 0. The van der Waals surface area contributed by atoms with Crippen LogP contribution in [0.25, 0.3) is 0 Å². The van der Waals surface area contributed by atoms with Gasteiger partial charge in [-0.1, -0.05) is 39.0 Å². The first-order valence-electron chi connectivity index (χ1n) is 8.97. The Morgan fingerprint density at radius 2 is 1.73 bits per heavy atom. The Balaban J connectivity index is 2.05. The third-order valence-corrected chi connectivity index (χ3v) is 4.28. The first-order chi connectivity index (χ1) is 10.6. The molecule has 0 bridgehead atoms. The normalized spacial score (nSPS) is 17.0. The number of hydrogen-bond acceptors (Lipinski definition) is 4. The number of ether oxygens (including phenoxy) is 2. The van der Waals surface area contributed by atoms with E-state index in [-0.39, 0.29) is 30.9 Å². The summed E-state index contributed by atoms with van der Waals surface area (Å²) in [5.74, 6) is -0.0528. The summed E-state index contributed by atoms with van der Waals surface area (Å²) in [7, 11) is 0. The fraction of sp³-hybridized carbons (Fsp3) is 0.889. The van der Waals surface area contributed by atoms with Crippen molar-refractivity contribution < 1.29 is 19.1 Å². The van der Waals surface area contributed by atoms with Crippen LogP contribution in [0.5, 0.6) is 0 Å². The van der Waals surface area contributed by atoms with Crippen molar-refractivity contribution in [2.45, 2.75) is 90.6 Å². The standard InChI is InChI=1S/C18H32O4/c1-3-4-6-9-15(2)22-18(20)13-12-17(19)21-14-16-10-7-5-8-11-16/h15-16H,3-14H2,1-2H3. The minimum Gasteiger partial charge on any atom is -0.465 e. The largest absolute Gasteiger partial charge is 0.465 e. The number of carbonyl (C=O) groups is 2. The van der Waals surface area contributed by atoms with Gasteiger partial charge >= 0.3 is 11.9 Å². The zero-order valence-corrected chi connectivity index (χ0v) is 14.3. The van der Waals surface area contributed by atoms with E-state index in [2.05, 4.69) is 6.92 Å². The van der Waals surface area contributed by atoms with Crippen molar-refractivity contribution in [3.63, 3.8) is 0 Å². The molecule has 1 aliphatic carbocycles. The number of unbranched alkanes of at least 4 members (excludes halogenated alkanes) is 2. The lowest BCUT2D eigenvalue weighted by molar-refractivity contribution is -0.154. The van der Waals surface area contributed by atoms with Gasteiger partial charge in [0.1, 0.15) is 0 Å². The highest BCUT2D eigenvalue weighted by Crippen LogP contribution is 2.23. The highest BCUT2D eigenvalue weighted by molar-refractivity contribution is 5.77. The quantitative estimate of drug-likeness (QED) is 0.443. The van der Waals surface area contributed by atoms with Crippen molar-refractivity contribution in [2.24, 2.45) is 5.92 Å². The Bertz CT molecular complexity index is 321. The molecule has 0 N–H and O–H groups in total. The molecule has 1 unspecified atom stereocenters. The molecule has 128 valence electrons. The van der Waals surface area contributed by atoms with Crippen LogP contribution >= 0.6 is 0 Å². The van der Waals surface area contributed by atoms with E-state index in [1.807, 2.05) is 6.92 Å². The van der Waals surface area contributed by atoms with Gasteiger partial charge in [-0.15, -0.1) is 0 Å². The molecule has 0 radical (unpaired) electrons. The molecule has 0 heterocycles. The molecule has 1 saturated carbocycles. The van der Waals surface area contributed by atoms with Gasteiger partial charge in [0.25, 0.3) is 0 Å². The van der Waals surface area contributed by atoms with Crippen LogP contribution in [0, 0.1) is 5.92 Å². The van der Waals surface area contributed by atoms with Crippen molar-refractivity contribution in [1.82, 2.24) is 0 Å². The predicted molar refractivity (Wildman–Crippen MR) is 86.5 cm³/mol. The third kappa shape index (κ3) is 9.06. The molecule has 1 rings (SSSR count). The topological polar surface area (TPSA) is 52.6 Å². The Labute approximate surface area is 134 Å². The van der Waals surface area contributed by atoms with Crippen LogP contribution < -0.4 is 0 Å². The van der Waals surface area contributed by atoms with Gasteiger partial charge in [-0.2, -0.15) is 0 Å². The highest BCUT2D eigenvalue weighted by atomic mass is 16.5. The zero-order chi connectivity index (χ0) is 16.2. The van der Waals surface area contributed by atoms with Gasteiger partial charge in [0.15, 0.2) is 0 Å². The number of carbonyl (C=O) groups excluding carboxylic acids is 2. The fourth-order valence-electron chi connectivity index (χ4n) is 2.86. The van der Waals surface area contributed by atoms with Crippen LogP contribution in [-0.2, 0) is 19.1 Å². The van der Waals surface area contributed by atoms with Gasteiger partial charge in [-0.05, 0) is 38.5 Å². The summed E-state index contributed by atoms with van der Waals surface area (Å²) in [4.78, 5) is 23.3. The van der Waals surface area contributed by atoms with Gasteiger partial charge in [0, 0.05) is 0 Å². The molecule has 0 aromatic rings. The van der Waals surface area contributed by atoms with E-state index in [1.54, 1.807) is 0 Å². The summed E-state index contributed by atoms with van der Waals surface area (Å²) < 4.78 is 10.6. The van der Waals surface area contributed by atoms with Crippen LogP contribution in [0.1, 0.15) is 84.5 Å². The van der Waals surface area contributed by atoms with Crippen LogP contribution in [0.15, 0.2) is 0 Å². The maximum atomic E-state index is 11.7. The smallest absolute Gasteiger partial charge is 0.306 e. The lowest BCUT2D eigenvalue weighted by atomic mass is 9.90. The van der Waals surface area contributed by atoms with E-state index in [0.717, 1.165) is 38.5 Å². The lowest BCUT2D eigenvalue weighted by Crippen LogP contribution is -2.19. The lowest BCUT2D eigenvalue weighted by Gasteiger charge is -2.21. The molecule has 0 amide bonds. The molecule has 0 aromatic heterocycles. The molecule has 1 fully saturated rings. The molecule has 1 aliphatic rings. The van der Waals surface area contributed by atoms with Crippen molar-refractivity contribution in [2.75, 3.05) is 6.61 Å². The maximum absolute atomic E-state index is 11.7. The van der Waals surface area contributed by atoms with E-state index >= 15 is 0 Å². The van der Waals surface area contributed by atoms with E-state index in [0.29, 0.717) is 12.5 Å². The van der Waals surface area contributed by atoms with E-state index in [9.17, 15) is 9.59 Å². The molecule has 0 spiro atoms. The minimum absolute atomic E-state index is 0.0580. The maximum Gasteiger partial charge on any atom is 0.306 e. The molecule has 4 heteroatoms. The average molecular weight is 312 g/mol. The predicted octanol–water partition coefficient (Wildman–Crippen LogP) is 4.40. The summed E-state index contributed by atoms with van der Waals surface area (Å²) in [6.45, 7) is 4.58. The Kier molecular flexibility index (Phi) is 9.93. The van der Waals surface area contributed by atoms with Gasteiger partial charge in [0.2, 0.25) is 0 Å². The summed E-state index contributed by atoms with van der Waals surface area (Å²) in [5.41, 5.74) is 0. The molecule has 4 nitrogen and oxygen atoms in total. The van der Waals surface area contributed by atoms with Crippen LogP contribution in [0.3, 0.4) is 0 Å².